The molecule has 3 aromatic carbocycles. The van der Waals surface area contributed by atoms with Gasteiger partial charge in [0, 0.05) is 6.54 Å². The molecule has 0 fully saturated rings. The summed E-state index contributed by atoms with van der Waals surface area (Å²) in [4.78, 5) is 28.7. The van der Waals surface area contributed by atoms with Crippen LogP contribution in [-0.2, 0) is 6.42 Å². The zero-order valence-corrected chi connectivity index (χ0v) is 18.4. The van der Waals surface area contributed by atoms with Crippen LogP contribution in [0.1, 0.15) is 33.3 Å². The molecule has 0 spiro atoms. The van der Waals surface area contributed by atoms with Crippen LogP contribution in [0.2, 0.25) is 0 Å². The molecule has 166 valence electrons. The van der Waals surface area contributed by atoms with Gasteiger partial charge in [-0.3, -0.25) is 9.59 Å². The van der Waals surface area contributed by atoms with Gasteiger partial charge in [0.25, 0.3) is 5.91 Å². The van der Waals surface area contributed by atoms with Crippen LogP contribution in [-0.4, -0.2) is 31.6 Å². The number of fused-ring (bicyclic) bond motifs is 2. The number of para-hydroxylation sites is 1. The monoisotopic (exact) mass is 441 g/mol. The lowest BCUT2D eigenvalue weighted by atomic mass is 9.98. The molecule has 4 aromatic rings. The summed E-state index contributed by atoms with van der Waals surface area (Å²) in [7, 11) is 3.23. The van der Waals surface area contributed by atoms with E-state index >= 15 is 0 Å². The topological polar surface area (TPSA) is 69.0 Å². The molecule has 1 aromatic heterocycles. The van der Waals surface area contributed by atoms with Crippen LogP contribution >= 0.6 is 0 Å². The number of carbonyl (C=O) groups is 1. The standard InChI is InChI=1S/C27H23NO5/c1-31-19-11-7-17(8-12-19)15-16-28-24(18-9-13-20(32-2)14-10-18)23-25(29)21-5-3-4-6-22(21)33-26(23)27(28)30/h3-14,24H,15-16H2,1-2H3. The molecule has 0 N–H and O–H groups in total. The minimum atomic E-state index is -0.530. The van der Waals surface area contributed by atoms with Crippen molar-refractivity contribution in [3.8, 4) is 11.5 Å². The third kappa shape index (κ3) is 3.63. The van der Waals surface area contributed by atoms with Crippen molar-refractivity contribution in [2.45, 2.75) is 12.5 Å². The number of hydrogen-bond donors (Lipinski definition) is 0. The minimum absolute atomic E-state index is 0.120. The second kappa shape index (κ2) is 8.47. The van der Waals surface area contributed by atoms with E-state index < -0.39 is 6.04 Å². The Kier molecular flexibility index (Phi) is 5.34. The molecule has 0 saturated heterocycles. The van der Waals surface area contributed by atoms with Crippen molar-refractivity contribution in [1.82, 2.24) is 4.90 Å². The number of methoxy groups -OCH3 is 2. The molecule has 1 aliphatic rings. The maximum Gasteiger partial charge on any atom is 0.290 e. The van der Waals surface area contributed by atoms with E-state index in [0.717, 1.165) is 16.9 Å². The number of ether oxygens (including phenoxy) is 2. The van der Waals surface area contributed by atoms with Gasteiger partial charge >= 0.3 is 0 Å². The zero-order chi connectivity index (χ0) is 22.9. The first-order valence-electron chi connectivity index (χ1n) is 10.7. The largest absolute Gasteiger partial charge is 0.497 e. The SMILES string of the molecule is COc1ccc(CCN2C(=O)c3oc4ccccc4c(=O)c3C2c2ccc(OC)cc2)cc1. The molecule has 1 atom stereocenters. The highest BCUT2D eigenvalue weighted by atomic mass is 16.5. The Morgan fingerprint density at radius 1 is 0.848 bits per heavy atom. The predicted molar refractivity (Wildman–Crippen MR) is 125 cm³/mol. The van der Waals surface area contributed by atoms with E-state index in [4.69, 9.17) is 13.9 Å². The van der Waals surface area contributed by atoms with Crippen LogP contribution in [0, 0.1) is 0 Å². The highest BCUT2D eigenvalue weighted by molar-refractivity contribution is 5.99. The first kappa shape index (κ1) is 20.8. The highest BCUT2D eigenvalue weighted by Gasteiger charge is 2.42. The van der Waals surface area contributed by atoms with Crippen molar-refractivity contribution in [3.05, 3.63) is 105 Å². The fraction of sp³-hybridized carbons (Fsp3) is 0.185. The number of rotatable bonds is 6. The smallest absolute Gasteiger partial charge is 0.290 e. The molecule has 0 saturated carbocycles. The van der Waals surface area contributed by atoms with Crippen LogP contribution in [0.25, 0.3) is 11.0 Å². The van der Waals surface area contributed by atoms with Crippen molar-refractivity contribution in [2.24, 2.45) is 0 Å². The van der Waals surface area contributed by atoms with Crippen molar-refractivity contribution in [1.29, 1.82) is 0 Å². The normalized spacial score (nSPS) is 15.0. The second-order valence-corrected chi connectivity index (χ2v) is 7.94. The van der Waals surface area contributed by atoms with E-state index in [9.17, 15) is 9.59 Å². The summed E-state index contributed by atoms with van der Waals surface area (Å²) in [6.45, 7) is 0.432. The fourth-order valence-corrected chi connectivity index (χ4v) is 4.37. The van der Waals surface area contributed by atoms with Gasteiger partial charge in [-0.1, -0.05) is 36.4 Å². The lowest BCUT2D eigenvalue weighted by Crippen LogP contribution is -2.31. The molecule has 0 aliphatic carbocycles. The Morgan fingerprint density at radius 2 is 1.48 bits per heavy atom. The third-order valence-electron chi connectivity index (χ3n) is 6.11. The summed E-state index contributed by atoms with van der Waals surface area (Å²) >= 11 is 0. The number of hydrogen-bond acceptors (Lipinski definition) is 5. The van der Waals surface area contributed by atoms with E-state index in [1.165, 1.54) is 0 Å². The first-order chi connectivity index (χ1) is 16.1. The zero-order valence-electron chi connectivity index (χ0n) is 18.4. The molecular weight excluding hydrogens is 418 g/mol. The number of benzene rings is 3. The summed E-state index contributed by atoms with van der Waals surface area (Å²) in [5.74, 6) is 1.33. The van der Waals surface area contributed by atoms with Gasteiger partial charge in [0.1, 0.15) is 17.1 Å². The lowest BCUT2D eigenvalue weighted by molar-refractivity contribution is 0.0730. The van der Waals surface area contributed by atoms with Gasteiger partial charge in [-0.25, -0.2) is 0 Å². The number of nitrogens with zero attached hydrogens (tertiary/aromatic N) is 1. The van der Waals surface area contributed by atoms with E-state index in [1.54, 1.807) is 43.4 Å². The Hall–Kier alpha value is -4.06. The lowest BCUT2D eigenvalue weighted by Gasteiger charge is -2.25. The first-order valence-corrected chi connectivity index (χ1v) is 10.7. The van der Waals surface area contributed by atoms with Crippen molar-refractivity contribution < 1.29 is 18.7 Å². The Labute approximate surface area is 191 Å². The average Bonchev–Trinajstić information content (AvgIpc) is 3.15. The van der Waals surface area contributed by atoms with Crippen molar-refractivity contribution in [3.63, 3.8) is 0 Å². The summed E-state index contributed by atoms with van der Waals surface area (Å²) < 4.78 is 16.5. The molecular formula is C27H23NO5. The van der Waals surface area contributed by atoms with E-state index in [0.29, 0.717) is 35.2 Å². The van der Waals surface area contributed by atoms with Crippen LogP contribution in [0.4, 0.5) is 0 Å². The average molecular weight is 441 g/mol. The van der Waals surface area contributed by atoms with Crippen LogP contribution < -0.4 is 14.9 Å². The highest BCUT2D eigenvalue weighted by Crippen LogP contribution is 2.38. The van der Waals surface area contributed by atoms with Gasteiger partial charge in [0.05, 0.1) is 31.2 Å². The van der Waals surface area contributed by atoms with Crippen molar-refractivity contribution >= 4 is 16.9 Å². The van der Waals surface area contributed by atoms with E-state index in [-0.39, 0.29) is 17.1 Å². The van der Waals surface area contributed by atoms with E-state index in [2.05, 4.69) is 0 Å². The second-order valence-electron chi connectivity index (χ2n) is 7.94. The van der Waals surface area contributed by atoms with Crippen LogP contribution in [0.3, 0.4) is 0 Å². The van der Waals surface area contributed by atoms with E-state index in [1.807, 2.05) is 48.5 Å². The molecule has 2 heterocycles. The number of carbonyl (C=O) groups excluding carboxylic acids is 1. The molecule has 6 nitrogen and oxygen atoms in total. The molecule has 5 rings (SSSR count). The predicted octanol–water partition coefficient (Wildman–Crippen LogP) is 4.60. The maximum absolute atomic E-state index is 13.5. The molecule has 0 bridgehead atoms. The fourth-order valence-electron chi connectivity index (χ4n) is 4.37. The molecule has 33 heavy (non-hydrogen) atoms. The molecule has 6 heteroatoms. The Bertz CT molecular complexity index is 1370. The van der Waals surface area contributed by atoms with Gasteiger partial charge in [-0.2, -0.15) is 0 Å². The van der Waals surface area contributed by atoms with Crippen LogP contribution in [0.5, 0.6) is 11.5 Å². The van der Waals surface area contributed by atoms with Crippen LogP contribution in [0.15, 0.2) is 82.0 Å². The quantitative estimate of drug-likeness (QED) is 0.438. The van der Waals surface area contributed by atoms with Crippen molar-refractivity contribution in [2.75, 3.05) is 20.8 Å². The van der Waals surface area contributed by atoms with Gasteiger partial charge in [-0.15, -0.1) is 0 Å². The molecule has 1 aliphatic heterocycles. The maximum atomic E-state index is 13.5. The molecule has 0 radical (unpaired) electrons. The summed E-state index contributed by atoms with van der Waals surface area (Å²) in [6.07, 6.45) is 0.629. The molecule has 1 amide bonds. The molecule has 1 unspecified atom stereocenters. The summed E-state index contributed by atoms with van der Waals surface area (Å²) in [5.41, 5.74) is 2.53. The van der Waals surface area contributed by atoms with Gasteiger partial charge < -0.3 is 18.8 Å². The van der Waals surface area contributed by atoms with Gasteiger partial charge in [0.15, 0.2) is 5.43 Å². The third-order valence-corrected chi connectivity index (χ3v) is 6.11. The van der Waals surface area contributed by atoms with Gasteiger partial charge in [0.2, 0.25) is 5.76 Å². The summed E-state index contributed by atoms with van der Waals surface area (Å²) in [6, 6.07) is 21.7. The number of amides is 1. The minimum Gasteiger partial charge on any atom is -0.497 e. The Balaban J connectivity index is 1.58. The van der Waals surface area contributed by atoms with Gasteiger partial charge in [-0.05, 0) is 53.9 Å². The summed E-state index contributed by atoms with van der Waals surface area (Å²) in [5, 5.41) is 0.472. The Morgan fingerprint density at radius 3 is 2.15 bits per heavy atom.